The Kier molecular flexibility index (Phi) is 4.10. The minimum atomic E-state index is -0.931. The van der Waals surface area contributed by atoms with Crippen LogP contribution in [0.25, 0.3) is 0 Å². The van der Waals surface area contributed by atoms with Crippen molar-refractivity contribution in [1.29, 1.82) is 0 Å². The highest BCUT2D eigenvalue weighted by molar-refractivity contribution is 5.80. The summed E-state index contributed by atoms with van der Waals surface area (Å²) in [6.45, 7) is 2.03. The van der Waals surface area contributed by atoms with Crippen LogP contribution in [-0.2, 0) is 11.2 Å². The SMILES string of the molecule is COc1ccc(CC(C)(O)CNC(=O)C2CC2)cc1. The molecule has 0 aliphatic heterocycles. The number of amides is 1. The van der Waals surface area contributed by atoms with Crippen molar-refractivity contribution >= 4 is 5.91 Å². The number of methoxy groups -OCH3 is 1. The van der Waals surface area contributed by atoms with Crippen molar-refractivity contribution in [3.8, 4) is 5.75 Å². The number of benzene rings is 1. The lowest BCUT2D eigenvalue weighted by molar-refractivity contribution is -0.123. The third-order valence-corrected chi connectivity index (χ3v) is 3.34. The summed E-state index contributed by atoms with van der Waals surface area (Å²) in [6, 6.07) is 7.59. The second-order valence-electron chi connectivity index (χ2n) is 5.51. The first-order valence-electron chi connectivity index (χ1n) is 6.63. The Balaban J connectivity index is 1.85. The van der Waals surface area contributed by atoms with Crippen LogP contribution in [-0.4, -0.2) is 30.3 Å². The first-order chi connectivity index (χ1) is 9.00. The predicted octanol–water partition coefficient (Wildman–Crippen LogP) is 1.51. The molecular formula is C15H21NO3. The predicted molar refractivity (Wildman–Crippen MR) is 73.1 cm³/mol. The fraction of sp³-hybridized carbons (Fsp3) is 0.533. The summed E-state index contributed by atoms with van der Waals surface area (Å²) in [5.74, 6) is 1.04. The largest absolute Gasteiger partial charge is 0.497 e. The second-order valence-corrected chi connectivity index (χ2v) is 5.51. The van der Waals surface area contributed by atoms with E-state index in [2.05, 4.69) is 5.32 Å². The Morgan fingerprint density at radius 3 is 2.58 bits per heavy atom. The van der Waals surface area contributed by atoms with Crippen LogP contribution in [0, 0.1) is 5.92 Å². The van der Waals surface area contributed by atoms with Crippen LogP contribution in [0.4, 0.5) is 0 Å². The second kappa shape index (κ2) is 5.61. The summed E-state index contributed by atoms with van der Waals surface area (Å²) in [4.78, 5) is 11.5. The molecule has 1 saturated carbocycles. The fourth-order valence-corrected chi connectivity index (χ4v) is 2.01. The van der Waals surface area contributed by atoms with Crippen LogP contribution in [0.15, 0.2) is 24.3 Å². The number of rotatable bonds is 6. The molecular weight excluding hydrogens is 242 g/mol. The van der Waals surface area contributed by atoms with Gasteiger partial charge in [-0.05, 0) is 37.5 Å². The molecule has 4 heteroatoms. The highest BCUT2D eigenvalue weighted by atomic mass is 16.5. The number of carbonyl (C=O) groups is 1. The molecule has 1 aromatic carbocycles. The van der Waals surface area contributed by atoms with Crippen molar-refractivity contribution in [2.45, 2.75) is 31.8 Å². The quantitative estimate of drug-likeness (QED) is 0.818. The van der Waals surface area contributed by atoms with Gasteiger partial charge in [-0.2, -0.15) is 0 Å². The van der Waals surface area contributed by atoms with Crippen molar-refractivity contribution in [3.63, 3.8) is 0 Å². The minimum Gasteiger partial charge on any atom is -0.497 e. The normalized spacial score (nSPS) is 17.6. The maximum absolute atomic E-state index is 11.5. The van der Waals surface area contributed by atoms with E-state index in [1.165, 1.54) is 0 Å². The lowest BCUT2D eigenvalue weighted by atomic mass is 9.96. The van der Waals surface area contributed by atoms with Gasteiger partial charge in [-0.3, -0.25) is 4.79 Å². The van der Waals surface area contributed by atoms with Gasteiger partial charge in [0.05, 0.1) is 12.7 Å². The van der Waals surface area contributed by atoms with Crippen molar-refractivity contribution in [1.82, 2.24) is 5.32 Å². The van der Waals surface area contributed by atoms with Crippen LogP contribution in [0.3, 0.4) is 0 Å². The average molecular weight is 263 g/mol. The highest BCUT2D eigenvalue weighted by Crippen LogP contribution is 2.28. The zero-order chi connectivity index (χ0) is 13.9. The average Bonchev–Trinajstić information content (AvgIpc) is 3.21. The van der Waals surface area contributed by atoms with E-state index in [4.69, 9.17) is 4.74 Å². The summed E-state index contributed by atoms with van der Waals surface area (Å²) in [5.41, 5.74) is 0.0885. The molecule has 2 N–H and O–H groups in total. The lowest BCUT2D eigenvalue weighted by Crippen LogP contribution is -2.42. The molecule has 4 nitrogen and oxygen atoms in total. The Labute approximate surface area is 113 Å². The van der Waals surface area contributed by atoms with Crippen molar-refractivity contribution < 1.29 is 14.6 Å². The molecule has 0 heterocycles. The van der Waals surface area contributed by atoms with Crippen molar-refractivity contribution in [2.24, 2.45) is 5.92 Å². The monoisotopic (exact) mass is 263 g/mol. The van der Waals surface area contributed by atoms with Crippen LogP contribution in [0.2, 0.25) is 0 Å². The van der Waals surface area contributed by atoms with Gasteiger partial charge in [0.25, 0.3) is 0 Å². The summed E-state index contributed by atoms with van der Waals surface area (Å²) in [5, 5.41) is 13.1. The molecule has 0 aromatic heterocycles. The Morgan fingerprint density at radius 2 is 2.05 bits per heavy atom. The molecule has 2 rings (SSSR count). The molecule has 1 aliphatic carbocycles. The Hall–Kier alpha value is -1.55. The standard InChI is InChI=1S/C15H21NO3/c1-15(18,10-16-14(17)12-5-6-12)9-11-3-7-13(19-2)8-4-11/h3-4,7-8,12,18H,5-6,9-10H2,1-2H3,(H,16,17). The molecule has 0 spiro atoms. The van der Waals surface area contributed by atoms with Crippen molar-refractivity contribution in [2.75, 3.05) is 13.7 Å². The van der Waals surface area contributed by atoms with Gasteiger partial charge in [0.2, 0.25) is 5.91 Å². The van der Waals surface area contributed by atoms with Gasteiger partial charge in [-0.25, -0.2) is 0 Å². The van der Waals surface area contributed by atoms with Gasteiger partial charge in [0, 0.05) is 18.9 Å². The van der Waals surface area contributed by atoms with E-state index in [0.717, 1.165) is 24.2 Å². The third-order valence-electron chi connectivity index (χ3n) is 3.34. The number of carbonyl (C=O) groups excluding carboxylic acids is 1. The van der Waals surface area contributed by atoms with Gasteiger partial charge < -0.3 is 15.2 Å². The van der Waals surface area contributed by atoms with E-state index in [1.54, 1.807) is 14.0 Å². The van der Waals surface area contributed by atoms with Gasteiger partial charge >= 0.3 is 0 Å². The maximum atomic E-state index is 11.5. The zero-order valence-electron chi connectivity index (χ0n) is 11.5. The van der Waals surface area contributed by atoms with E-state index in [9.17, 15) is 9.90 Å². The summed E-state index contributed by atoms with van der Waals surface area (Å²) < 4.78 is 5.09. The van der Waals surface area contributed by atoms with E-state index < -0.39 is 5.60 Å². The molecule has 0 saturated heterocycles. The molecule has 0 radical (unpaired) electrons. The van der Waals surface area contributed by atoms with Gasteiger partial charge in [-0.15, -0.1) is 0 Å². The van der Waals surface area contributed by atoms with E-state index in [1.807, 2.05) is 24.3 Å². The maximum Gasteiger partial charge on any atom is 0.223 e. The molecule has 1 atom stereocenters. The fourth-order valence-electron chi connectivity index (χ4n) is 2.01. The van der Waals surface area contributed by atoms with E-state index in [0.29, 0.717) is 6.42 Å². The van der Waals surface area contributed by atoms with Crippen LogP contribution < -0.4 is 10.1 Å². The van der Waals surface area contributed by atoms with Crippen LogP contribution >= 0.6 is 0 Å². The molecule has 1 unspecified atom stereocenters. The van der Waals surface area contributed by atoms with Crippen molar-refractivity contribution in [3.05, 3.63) is 29.8 Å². The van der Waals surface area contributed by atoms with E-state index >= 15 is 0 Å². The first-order valence-corrected chi connectivity index (χ1v) is 6.63. The topological polar surface area (TPSA) is 58.6 Å². The molecule has 1 aliphatic rings. The van der Waals surface area contributed by atoms with Gasteiger partial charge in [0.15, 0.2) is 0 Å². The summed E-state index contributed by atoms with van der Waals surface area (Å²) >= 11 is 0. The number of hydrogen-bond acceptors (Lipinski definition) is 3. The number of aliphatic hydroxyl groups is 1. The lowest BCUT2D eigenvalue weighted by Gasteiger charge is -2.24. The molecule has 1 fully saturated rings. The molecule has 19 heavy (non-hydrogen) atoms. The molecule has 104 valence electrons. The number of ether oxygens (including phenoxy) is 1. The molecule has 1 amide bonds. The van der Waals surface area contributed by atoms with Gasteiger partial charge in [0.1, 0.15) is 5.75 Å². The first kappa shape index (κ1) is 13.9. The Morgan fingerprint density at radius 1 is 1.42 bits per heavy atom. The Bertz CT molecular complexity index is 435. The minimum absolute atomic E-state index is 0.0648. The smallest absolute Gasteiger partial charge is 0.223 e. The summed E-state index contributed by atoms with van der Waals surface area (Å²) in [6.07, 6.45) is 2.46. The third kappa shape index (κ3) is 4.24. The van der Waals surface area contributed by atoms with E-state index in [-0.39, 0.29) is 18.4 Å². The molecule has 1 aromatic rings. The van der Waals surface area contributed by atoms with Crippen LogP contribution in [0.5, 0.6) is 5.75 Å². The zero-order valence-corrected chi connectivity index (χ0v) is 11.5. The van der Waals surface area contributed by atoms with Crippen LogP contribution in [0.1, 0.15) is 25.3 Å². The van der Waals surface area contributed by atoms with Gasteiger partial charge in [-0.1, -0.05) is 12.1 Å². The number of nitrogens with one attached hydrogen (secondary N) is 1. The number of hydrogen-bond donors (Lipinski definition) is 2. The molecule has 0 bridgehead atoms. The summed E-state index contributed by atoms with van der Waals surface area (Å²) in [7, 11) is 1.62. The highest BCUT2D eigenvalue weighted by Gasteiger charge is 2.31.